The van der Waals surface area contributed by atoms with Gasteiger partial charge < -0.3 is 11.1 Å². The second-order valence-corrected chi connectivity index (χ2v) is 3.71. The molecule has 0 unspecified atom stereocenters. The van der Waals surface area contributed by atoms with Gasteiger partial charge in [0.25, 0.3) is 0 Å². The lowest BCUT2D eigenvalue weighted by molar-refractivity contribution is 0.820. The summed E-state index contributed by atoms with van der Waals surface area (Å²) < 4.78 is 0. The van der Waals surface area contributed by atoms with Crippen molar-refractivity contribution in [3.05, 3.63) is 36.2 Å². The zero-order valence-electron chi connectivity index (χ0n) is 8.92. The van der Waals surface area contributed by atoms with Crippen molar-refractivity contribution in [2.45, 2.75) is 38.6 Å². The lowest BCUT2D eigenvalue weighted by Gasteiger charge is -2.08. The molecule has 14 heavy (non-hydrogen) atoms. The van der Waals surface area contributed by atoms with Crippen LogP contribution >= 0.6 is 0 Å². The maximum Gasteiger partial charge on any atom is 0.0357 e. The number of allylic oxidation sites excluding steroid dienone is 2. The largest absolute Gasteiger partial charge is 0.404 e. The highest BCUT2D eigenvalue weighted by Crippen LogP contribution is 2.21. The fraction of sp³-hybridized carbons (Fsp3) is 0.500. The molecule has 0 aliphatic heterocycles. The molecule has 1 rings (SSSR count). The summed E-state index contributed by atoms with van der Waals surface area (Å²) in [5, 5.41) is 3.34. The predicted molar refractivity (Wildman–Crippen MR) is 61.6 cm³/mol. The first-order valence-corrected chi connectivity index (χ1v) is 5.32. The minimum atomic E-state index is 0.636. The second-order valence-electron chi connectivity index (χ2n) is 3.71. The number of unbranched alkanes of at least 4 members (excludes halogenated alkanes) is 1. The van der Waals surface area contributed by atoms with Crippen LogP contribution in [-0.4, -0.2) is 6.04 Å². The van der Waals surface area contributed by atoms with Crippen LogP contribution in [0.4, 0.5) is 0 Å². The molecule has 0 aromatic rings. The van der Waals surface area contributed by atoms with Crippen LogP contribution in [0.15, 0.2) is 36.2 Å². The third-order valence-corrected chi connectivity index (χ3v) is 2.24. The van der Waals surface area contributed by atoms with E-state index in [2.05, 4.69) is 24.9 Å². The van der Waals surface area contributed by atoms with Gasteiger partial charge in [-0.05, 0) is 19.3 Å². The first-order valence-electron chi connectivity index (χ1n) is 5.32. The van der Waals surface area contributed by atoms with E-state index in [1.165, 1.54) is 12.8 Å². The van der Waals surface area contributed by atoms with E-state index in [-0.39, 0.29) is 0 Å². The van der Waals surface area contributed by atoms with Crippen molar-refractivity contribution in [2.75, 3.05) is 0 Å². The minimum absolute atomic E-state index is 0.636. The van der Waals surface area contributed by atoms with E-state index in [0.29, 0.717) is 6.04 Å². The van der Waals surface area contributed by atoms with Crippen LogP contribution < -0.4 is 11.1 Å². The average molecular weight is 192 g/mol. The molecule has 0 aromatic heterocycles. The molecule has 1 fully saturated rings. The molecular weight excluding hydrogens is 172 g/mol. The van der Waals surface area contributed by atoms with Crippen LogP contribution in [0.5, 0.6) is 0 Å². The van der Waals surface area contributed by atoms with Gasteiger partial charge in [-0.3, -0.25) is 0 Å². The lowest BCUT2D eigenvalue weighted by atomic mass is 10.2. The van der Waals surface area contributed by atoms with Crippen molar-refractivity contribution >= 4 is 0 Å². The molecule has 1 aliphatic rings. The summed E-state index contributed by atoms with van der Waals surface area (Å²) in [4.78, 5) is 0. The topological polar surface area (TPSA) is 38.0 Å². The highest BCUT2D eigenvalue weighted by molar-refractivity contribution is 5.36. The summed E-state index contributed by atoms with van der Waals surface area (Å²) in [5.41, 5.74) is 7.49. The van der Waals surface area contributed by atoms with Crippen LogP contribution in [0.25, 0.3) is 0 Å². The smallest absolute Gasteiger partial charge is 0.0357 e. The van der Waals surface area contributed by atoms with Crippen molar-refractivity contribution in [2.24, 2.45) is 5.73 Å². The van der Waals surface area contributed by atoms with E-state index in [0.717, 1.165) is 24.1 Å². The third-order valence-electron chi connectivity index (χ3n) is 2.24. The molecule has 0 spiro atoms. The van der Waals surface area contributed by atoms with Crippen molar-refractivity contribution in [3.8, 4) is 0 Å². The zero-order chi connectivity index (χ0) is 10.4. The Morgan fingerprint density at radius 2 is 2.29 bits per heavy atom. The molecule has 2 nitrogen and oxygen atoms in total. The Bertz CT molecular complexity index is 247. The van der Waals surface area contributed by atoms with Gasteiger partial charge in [0.05, 0.1) is 0 Å². The zero-order valence-corrected chi connectivity index (χ0v) is 8.92. The molecular formula is C12H20N2. The van der Waals surface area contributed by atoms with Crippen LogP contribution in [-0.2, 0) is 0 Å². The number of hydrogen-bond donors (Lipinski definition) is 2. The summed E-state index contributed by atoms with van der Waals surface area (Å²) in [6.45, 7) is 6.13. The van der Waals surface area contributed by atoms with E-state index in [4.69, 9.17) is 5.73 Å². The van der Waals surface area contributed by atoms with Crippen molar-refractivity contribution in [3.63, 3.8) is 0 Å². The van der Waals surface area contributed by atoms with Crippen molar-refractivity contribution < 1.29 is 0 Å². The summed E-state index contributed by atoms with van der Waals surface area (Å²) in [7, 11) is 0. The van der Waals surface area contributed by atoms with Gasteiger partial charge in [-0.2, -0.15) is 0 Å². The molecule has 0 heterocycles. The van der Waals surface area contributed by atoms with Gasteiger partial charge in [0.1, 0.15) is 0 Å². The maximum atomic E-state index is 5.54. The van der Waals surface area contributed by atoms with Crippen molar-refractivity contribution in [1.29, 1.82) is 0 Å². The van der Waals surface area contributed by atoms with Crippen LogP contribution in [0, 0.1) is 0 Å². The monoisotopic (exact) mass is 192 g/mol. The number of rotatable bonds is 6. The first-order chi connectivity index (χ1) is 6.77. The summed E-state index contributed by atoms with van der Waals surface area (Å²) in [5.74, 6) is 0. The molecule has 1 aliphatic carbocycles. The number of hydrogen-bond acceptors (Lipinski definition) is 2. The highest BCUT2D eigenvalue weighted by Gasteiger charge is 2.21. The summed E-state index contributed by atoms with van der Waals surface area (Å²) >= 11 is 0. The van der Waals surface area contributed by atoms with Gasteiger partial charge in [-0.1, -0.05) is 32.1 Å². The predicted octanol–water partition coefficient (Wildman–Crippen LogP) is 2.45. The standard InChI is InChI=1S/C12H20N2/c1-3-4-5-6-11(9-13)10(2)14-12-7-8-12/h5-6,9,12,14H,2-4,7-8,13H2,1H3/b6-5-,11-9+. The Morgan fingerprint density at radius 3 is 2.79 bits per heavy atom. The van der Waals surface area contributed by atoms with Crippen LogP contribution in [0.2, 0.25) is 0 Å². The number of nitrogens with two attached hydrogens (primary N) is 1. The Kier molecular flexibility index (Phi) is 4.30. The molecule has 78 valence electrons. The van der Waals surface area contributed by atoms with Gasteiger partial charge in [0, 0.05) is 23.5 Å². The molecule has 2 heteroatoms. The SMILES string of the molecule is C=C(NC1CC1)C(/C=C\CCC)=C/N. The maximum absolute atomic E-state index is 5.54. The van der Waals surface area contributed by atoms with Crippen LogP contribution in [0.1, 0.15) is 32.6 Å². The average Bonchev–Trinajstić information content (AvgIpc) is 2.96. The van der Waals surface area contributed by atoms with Gasteiger partial charge in [0.2, 0.25) is 0 Å². The molecule has 0 amide bonds. The van der Waals surface area contributed by atoms with Gasteiger partial charge >= 0.3 is 0 Å². The molecule has 0 aromatic carbocycles. The minimum Gasteiger partial charge on any atom is -0.404 e. The molecule has 0 atom stereocenters. The Labute approximate surface area is 86.6 Å². The van der Waals surface area contributed by atoms with Gasteiger partial charge in [0.15, 0.2) is 0 Å². The Hall–Kier alpha value is -1.18. The van der Waals surface area contributed by atoms with Crippen LogP contribution in [0.3, 0.4) is 0 Å². The molecule has 1 saturated carbocycles. The Morgan fingerprint density at radius 1 is 1.57 bits per heavy atom. The van der Waals surface area contributed by atoms with Crippen molar-refractivity contribution in [1.82, 2.24) is 5.32 Å². The molecule has 3 N–H and O–H groups in total. The normalized spacial score (nSPS) is 17.4. The van der Waals surface area contributed by atoms with E-state index in [9.17, 15) is 0 Å². The second kappa shape index (κ2) is 5.53. The first kappa shape index (κ1) is 10.9. The number of nitrogens with one attached hydrogen (secondary N) is 1. The molecule has 0 radical (unpaired) electrons. The molecule has 0 saturated heterocycles. The summed E-state index contributed by atoms with van der Waals surface area (Å²) in [6.07, 6.45) is 10.6. The lowest BCUT2D eigenvalue weighted by Crippen LogP contribution is -2.16. The van der Waals surface area contributed by atoms with E-state index in [1.54, 1.807) is 6.20 Å². The fourth-order valence-corrected chi connectivity index (χ4v) is 1.19. The van der Waals surface area contributed by atoms with E-state index in [1.807, 2.05) is 6.08 Å². The molecule has 0 bridgehead atoms. The Balaban J connectivity index is 2.39. The van der Waals surface area contributed by atoms with Gasteiger partial charge in [-0.15, -0.1) is 0 Å². The summed E-state index contributed by atoms with van der Waals surface area (Å²) in [6, 6.07) is 0.636. The third kappa shape index (κ3) is 3.69. The highest BCUT2D eigenvalue weighted by atomic mass is 15.0. The van der Waals surface area contributed by atoms with E-state index >= 15 is 0 Å². The quantitative estimate of drug-likeness (QED) is 0.634. The van der Waals surface area contributed by atoms with Gasteiger partial charge in [-0.25, -0.2) is 0 Å². The van der Waals surface area contributed by atoms with E-state index < -0.39 is 0 Å². The fourth-order valence-electron chi connectivity index (χ4n) is 1.19.